The van der Waals surface area contributed by atoms with Crippen molar-refractivity contribution in [3.05, 3.63) is 70.4 Å². The third-order valence-electron chi connectivity index (χ3n) is 4.69. The SMILES string of the molecule is CCCC(C)(C)c1noc(-c2ccc(Cl)cc2F)c1C(O)c1cccnc1. The fraction of sp³-hybridized carbons (Fsp3) is 0.333. The van der Waals surface area contributed by atoms with Crippen LogP contribution in [0.2, 0.25) is 5.02 Å². The van der Waals surface area contributed by atoms with E-state index >= 15 is 0 Å². The Hall–Kier alpha value is -2.24. The average Bonchev–Trinajstić information content (AvgIpc) is 3.07. The Morgan fingerprint density at radius 1 is 1.30 bits per heavy atom. The molecule has 1 aromatic carbocycles. The summed E-state index contributed by atoms with van der Waals surface area (Å²) >= 11 is 5.88. The normalized spacial score (nSPS) is 13.0. The van der Waals surface area contributed by atoms with Gasteiger partial charge in [0.15, 0.2) is 5.76 Å². The maximum atomic E-state index is 14.6. The van der Waals surface area contributed by atoms with Crippen LogP contribution in [0.3, 0.4) is 0 Å². The third-order valence-corrected chi connectivity index (χ3v) is 4.93. The fourth-order valence-corrected chi connectivity index (χ4v) is 3.51. The first-order chi connectivity index (χ1) is 12.8. The Morgan fingerprint density at radius 2 is 2.07 bits per heavy atom. The lowest BCUT2D eigenvalue weighted by molar-refractivity contribution is 0.216. The molecule has 0 aliphatic heterocycles. The number of aliphatic hydroxyl groups excluding tert-OH is 1. The van der Waals surface area contributed by atoms with Gasteiger partial charge in [0.05, 0.1) is 16.8 Å². The molecule has 27 heavy (non-hydrogen) atoms. The number of pyridine rings is 1. The molecule has 0 bridgehead atoms. The highest BCUT2D eigenvalue weighted by atomic mass is 35.5. The summed E-state index contributed by atoms with van der Waals surface area (Å²) in [6, 6.07) is 7.85. The van der Waals surface area contributed by atoms with Gasteiger partial charge in [0, 0.05) is 28.4 Å². The second-order valence-corrected chi connectivity index (χ2v) is 7.66. The molecule has 1 atom stereocenters. The van der Waals surface area contributed by atoms with E-state index in [4.69, 9.17) is 16.1 Å². The van der Waals surface area contributed by atoms with Crippen LogP contribution in [0.15, 0.2) is 47.2 Å². The van der Waals surface area contributed by atoms with Crippen LogP contribution in [-0.4, -0.2) is 15.2 Å². The molecular formula is C21H22ClFN2O2. The molecule has 4 nitrogen and oxygen atoms in total. The highest BCUT2D eigenvalue weighted by Crippen LogP contribution is 2.41. The van der Waals surface area contributed by atoms with Crippen LogP contribution in [-0.2, 0) is 5.41 Å². The van der Waals surface area contributed by atoms with Crippen molar-refractivity contribution >= 4 is 11.6 Å². The molecule has 2 aromatic heterocycles. The molecule has 0 saturated heterocycles. The van der Waals surface area contributed by atoms with Crippen molar-refractivity contribution in [1.82, 2.24) is 10.1 Å². The van der Waals surface area contributed by atoms with Crippen molar-refractivity contribution in [3.63, 3.8) is 0 Å². The number of rotatable bonds is 6. The van der Waals surface area contributed by atoms with E-state index in [1.165, 1.54) is 12.1 Å². The van der Waals surface area contributed by atoms with Gasteiger partial charge in [-0.25, -0.2) is 4.39 Å². The summed E-state index contributed by atoms with van der Waals surface area (Å²) in [4.78, 5) is 4.07. The molecule has 3 aromatic rings. The first-order valence-electron chi connectivity index (χ1n) is 8.88. The van der Waals surface area contributed by atoms with Crippen molar-refractivity contribution < 1.29 is 14.0 Å². The summed E-state index contributed by atoms with van der Waals surface area (Å²) in [5.74, 6) is -0.321. The van der Waals surface area contributed by atoms with Crippen LogP contribution < -0.4 is 0 Å². The second-order valence-electron chi connectivity index (χ2n) is 7.22. The van der Waals surface area contributed by atoms with Gasteiger partial charge in [-0.3, -0.25) is 4.98 Å². The number of hydrogen-bond acceptors (Lipinski definition) is 4. The molecule has 1 unspecified atom stereocenters. The number of aromatic nitrogens is 2. The van der Waals surface area contributed by atoms with E-state index in [-0.39, 0.29) is 21.8 Å². The number of hydrogen-bond donors (Lipinski definition) is 1. The summed E-state index contributed by atoms with van der Waals surface area (Å²) in [5.41, 5.74) is 1.53. The second kappa shape index (κ2) is 7.79. The third kappa shape index (κ3) is 3.89. The van der Waals surface area contributed by atoms with Crippen molar-refractivity contribution in [1.29, 1.82) is 0 Å². The van der Waals surface area contributed by atoms with Gasteiger partial charge in [-0.2, -0.15) is 0 Å². The minimum Gasteiger partial charge on any atom is -0.383 e. The fourth-order valence-electron chi connectivity index (χ4n) is 3.35. The molecule has 3 rings (SSSR count). The quantitative estimate of drug-likeness (QED) is 0.589. The average molecular weight is 389 g/mol. The molecule has 0 amide bonds. The van der Waals surface area contributed by atoms with Crippen molar-refractivity contribution in [2.75, 3.05) is 0 Å². The Labute approximate surface area is 163 Å². The summed E-state index contributed by atoms with van der Waals surface area (Å²) in [6.07, 6.45) is 3.95. The highest BCUT2D eigenvalue weighted by molar-refractivity contribution is 6.30. The highest BCUT2D eigenvalue weighted by Gasteiger charge is 2.34. The topological polar surface area (TPSA) is 59.2 Å². The van der Waals surface area contributed by atoms with Crippen LogP contribution in [0.5, 0.6) is 0 Å². The zero-order valence-corrected chi connectivity index (χ0v) is 16.3. The first-order valence-corrected chi connectivity index (χ1v) is 9.26. The summed E-state index contributed by atoms with van der Waals surface area (Å²) in [5, 5.41) is 15.6. The summed E-state index contributed by atoms with van der Waals surface area (Å²) < 4.78 is 20.1. The molecule has 0 radical (unpaired) electrons. The maximum Gasteiger partial charge on any atom is 0.176 e. The van der Waals surface area contributed by atoms with Crippen molar-refractivity contribution in [2.45, 2.75) is 45.1 Å². The molecule has 0 saturated carbocycles. The van der Waals surface area contributed by atoms with Gasteiger partial charge < -0.3 is 9.63 Å². The van der Waals surface area contributed by atoms with Gasteiger partial charge in [0.1, 0.15) is 11.9 Å². The molecule has 0 fully saturated rings. The molecule has 142 valence electrons. The number of nitrogens with zero attached hydrogens (tertiary/aromatic N) is 2. The summed E-state index contributed by atoms with van der Waals surface area (Å²) in [6.45, 7) is 6.16. The van der Waals surface area contributed by atoms with Gasteiger partial charge in [0.2, 0.25) is 0 Å². The van der Waals surface area contributed by atoms with E-state index in [2.05, 4.69) is 17.1 Å². The van der Waals surface area contributed by atoms with E-state index in [0.29, 0.717) is 16.8 Å². The van der Waals surface area contributed by atoms with Crippen LogP contribution in [0, 0.1) is 5.82 Å². The monoisotopic (exact) mass is 388 g/mol. The molecule has 1 N–H and O–H groups in total. The van der Waals surface area contributed by atoms with Crippen molar-refractivity contribution in [2.24, 2.45) is 0 Å². The van der Waals surface area contributed by atoms with E-state index < -0.39 is 11.9 Å². The minimum absolute atomic E-state index is 0.208. The lowest BCUT2D eigenvalue weighted by Crippen LogP contribution is -2.20. The van der Waals surface area contributed by atoms with Crippen LogP contribution in [0.1, 0.15) is 56.5 Å². The molecule has 2 heterocycles. The predicted octanol–water partition coefficient (Wildman–Crippen LogP) is 5.69. The molecule has 0 aliphatic rings. The Kier molecular flexibility index (Phi) is 5.63. The predicted molar refractivity (Wildman–Crippen MR) is 103 cm³/mol. The van der Waals surface area contributed by atoms with E-state index in [0.717, 1.165) is 12.8 Å². The van der Waals surface area contributed by atoms with Gasteiger partial charge in [-0.1, -0.05) is 50.0 Å². The van der Waals surface area contributed by atoms with Gasteiger partial charge >= 0.3 is 0 Å². The lowest BCUT2D eigenvalue weighted by Gasteiger charge is -2.24. The van der Waals surface area contributed by atoms with E-state index in [1.54, 1.807) is 30.6 Å². The van der Waals surface area contributed by atoms with Crippen LogP contribution >= 0.6 is 11.6 Å². The maximum absolute atomic E-state index is 14.6. The van der Waals surface area contributed by atoms with E-state index in [9.17, 15) is 9.50 Å². The molecular weight excluding hydrogens is 367 g/mol. The number of halogens is 2. The van der Waals surface area contributed by atoms with Gasteiger partial charge in [-0.05, 0) is 30.7 Å². The zero-order valence-electron chi connectivity index (χ0n) is 15.5. The van der Waals surface area contributed by atoms with Gasteiger partial charge in [0.25, 0.3) is 0 Å². The number of benzene rings is 1. The molecule has 0 aliphatic carbocycles. The largest absolute Gasteiger partial charge is 0.383 e. The van der Waals surface area contributed by atoms with Crippen LogP contribution in [0.4, 0.5) is 4.39 Å². The lowest BCUT2D eigenvalue weighted by atomic mass is 9.80. The van der Waals surface area contributed by atoms with Gasteiger partial charge in [-0.15, -0.1) is 0 Å². The van der Waals surface area contributed by atoms with Crippen molar-refractivity contribution in [3.8, 4) is 11.3 Å². The van der Waals surface area contributed by atoms with E-state index in [1.807, 2.05) is 13.8 Å². The molecule has 0 spiro atoms. The first kappa shape index (κ1) is 19.5. The van der Waals surface area contributed by atoms with Crippen LogP contribution in [0.25, 0.3) is 11.3 Å². The Balaban J connectivity index is 2.21. The Bertz CT molecular complexity index is 925. The summed E-state index contributed by atoms with van der Waals surface area (Å²) in [7, 11) is 0. The standard InChI is InChI=1S/C21H22ClFN2O2/c1-4-9-21(2,3)20-17(18(26)13-6-5-10-24-12-13)19(27-25-20)15-8-7-14(22)11-16(15)23/h5-8,10-12,18,26H,4,9H2,1-3H3. The number of aliphatic hydroxyl groups is 1. The zero-order chi connectivity index (χ0) is 19.6. The minimum atomic E-state index is -1.04. The smallest absolute Gasteiger partial charge is 0.176 e. The Morgan fingerprint density at radius 3 is 2.70 bits per heavy atom. The molecule has 6 heteroatoms.